The van der Waals surface area contributed by atoms with Crippen LogP contribution in [0.1, 0.15) is 5.56 Å². The molecule has 0 heterocycles. The van der Waals surface area contributed by atoms with Crippen LogP contribution in [0.2, 0.25) is 10.0 Å². The lowest BCUT2D eigenvalue weighted by atomic mass is 10.2. The molecule has 2 aromatic carbocycles. The van der Waals surface area contributed by atoms with E-state index in [1.807, 2.05) is 18.2 Å². The lowest BCUT2D eigenvalue weighted by Gasteiger charge is -2.13. The predicted octanol–water partition coefficient (Wildman–Crippen LogP) is 5.23. The SMILES string of the molecule is COc1cc(CNc2ccc(Cl)cc2Cl)cc(I)c1OC. The second-order valence-corrected chi connectivity index (χ2v) is 6.30. The number of nitrogens with one attached hydrogen (secondary N) is 1. The standard InChI is InChI=1S/C15H14Cl2INO2/c1-20-14-6-9(5-12(18)15(14)21-2)8-19-13-4-3-10(16)7-11(13)17/h3-7,19H,8H2,1-2H3. The van der Waals surface area contributed by atoms with E-state index in [4.69, 9.17) is 32.7 Å². The summed E-state index contributed by atoms with van der Waals surface area (Å²) in [5, 5.41) is 4.49. The molecule has 112 valence electrons. The molecule has 0 unspecified atom stereocenters. The zero-order valence-corrected chi connectivity index (χ0v) is 15.2. The highest BCUT2D eigenvalue weighted by Crippen LogP contribution is 2.34. The van der Waals surface area contributed by atoms with E-state index >= 15 is 0 Å². The Morgan fingerprint density at radius 2 is 1.86 bits per heavy atom. The molecule has 0 aliphatic rings. The van der Waals surface area contributed by atoms with Crippen LogP contribution in [0.15, 0.2) is 30.3 Å². The monoisotopic (exact) mass is 437 g/mol. The molecule has 0 aliphatic heterocycles. The highest BCUT2D eigenvalue weighted by Gasteiger charge is 2.10. The quantitative estimate of drug-likeness (QED) is 0.650. The average molecular weight is 438 g/mol. The second-order valence-electron chi connectivity index (χ2n) is 4.29. The normalized spacial score (nSPS) is 10.3. The van der Waals surface area contributed by atoms with Crippen molar-refractivity contribution in [1.82, 2.24) is 0 Å². The number of ether oxygens (including phenoxy) is 2. The van der Waals surface area contributed by atoms with Gasteiger partial charge in [-0.2, -0.15) is 0 Å². The van der Waals surface area contributed by atoms with Crippen molar-refractivity contribution in [2.45, 2.75) is 6.54 Å². The van der Waals surface area contributed by atoms with Crippen LogP contribution in [0, 0.1) is 3.57 Å². The van der Waals surface area contributed by atoms with Gasteiger partial charge in [0.1, 0.15) is 0 Å². The highest BCUT2D eigenvalue weighted by atomic mass is 127. The molecule has 0 radical (unpaired) electrons. The smallest absolute Gasteiger partial charge is 0.174 e. The first-order valence-electron chi connectivity index (χ1n) is 6.14. The molecule has 0 saturated carbocycles. The summed E-state index contributed by atoms with van der Waals surface area (Å²) in [6.07, 6.45) is 0. The van der Waals surface area contributed by atoms with E-state index in [-0.39, 0.29) is 0 Å². The van der Waals surface area contributed by atoms with E-state index in [9.17, 15) is 0 Å². The van der Waals surface area contributed by atoms with Gasteiger partial charge in [-0.25, -0.2) is 0 Å². The maximum absolute atomic E-state index is 6.14. The summed E-state index contributed by atoms with van der Waals surface area (Å²) in [5.74, 6) is 1.45. The first-order valence-corrected chi connectivity index (χ1v) is 7.98. The number of hydrogen-bond acceptors (Lipinski definition) is 3. The maximum atomic E-state index is 6.14. The summed E-state index contributed by atoms with van der Waals surface area (Å²) in [5.41, 5.74) is 1.91. The number of hydrogen-bond donors (Lipinski definition) is 1. The first kappa shape index (κ1) is 16.5. The summed E-state index contributed by atoms with van der Waals surface area (Å²) in [6, 6.07) is 9.35. The minimum atomic E-state index is 0.595. The van der Waals surface area contributed by atoms with Crippen LogP contribution in [-0.4, -0.2) is 14.2 Å². The van der Waals surface area contributed by atoms with Gasteiger partial charge in [0, 0.05) is 11.6 Å². The molecule has 0 fully saturated rings. The molecule has 3 nitrogen and oxygen atoms in total. The summed E-state index contributed by atoms with van der Waals surface area (Å²) in [7, 11) is 3.26. The zero-order valence-electron chi connectivity index (χ0n) is 11.5. The van der Waals surface area contributed by atoms with Gasteiger partial charge in [-0.05, 0) is 58.5 Å². The molecule has 6 heteroatoms. The van der Waals surface area contributed by atoms with E-state index in [2.05, 4.69) is 27.9 Å². The first-order chi connectivity index (χ1) is 10.0. The Balaban J connectivity index is 2.18. The van der Waals surface area contributed by atoms with E-state index in [0.717, 1.165) is 20.6 Å². The molecule has 0 bridgehead atoms. The molecule has 0 spiro atoms. The Kier molecular flexibility index (Phi) is 5.84. The van der Waals surface area contributed by atoms with E-state index < -0.39 is 0 Å². The van der Waals surface area contributed by atoms with Gasteiger partial charge in [-0.3, -0.25) is 0 Å². The van der Waals surface area contributed by atoms with Gasteiger partial charge in [-0.15, -0.1) is 0 Å². The van der Waals surface area contributed by atoms with Crippen molar-refractivity contribution in [3.63, 3.8) is 0 Å². The van der Waals surface area contributed by atoms with Gasteiger partial charge >= 0.3 is 0 Å². The lowest BCUT2D eigenvalue weighted by Crippen LogP contribution is -2.02. The maximum Gasteiger partial charge on any atom is 0.174 e. The largest absolute Gasteiger partial charge is 0.493 e. The minimum Gasteiger partial charge on any atom is -0.493 e. The van der Waals surface area contributed by atoms with Crippen molar-refractivity contribution >= 4 is 51.5 Å². The fourth-order valence-corrected chi connectivity index (χ4v) is 3.26. The number of benzene rings is 2. The van der Waals surface area contributed by atoms with Crippen LogP contribution in [0.25, 0.3) is 0 Å². The minimum absolute atomic E-state index is 0.595. The summed E-state index contributed by atoms with van der Waals surface area (Å²) in [6.45, 7) is 0.623. The number of anilines is 1. The van der Waals surface area contributed by atoms with E-state index in [1.165, 1.54) is 0 Å². The number of rotatable bonds is 5. The molecular formula is C15H14Cl2INO2. The third-order valence-corrected chi connectivity index (χ3v) is 4.26. The topological polar surface area (TPSA) is 30.5 Å². The van der Waals surface area contributed by atoms with Crippen LogP contribution in [-0.2, 0) is 6.54 Å². The molecule has 0 saturated heterocycles. The lowest BCUT2D eigenvalue weighted by molar-refractivity contribution is 0.352. The summed E-state index contributed by atoms with van der Waals surface area (Å²) >= 11 is 14.2. The molecule has 21 heavy (non-hydrogen) atoms. The van der Waals surface area contributed by atoms with Gasteiger partial charge in [0.2, 0.25) is 0 Å². The summed E-state index contributed by atoms with van der Waals surface area (Å²) in [4.78, 5) is 0. The Morgan fingerprint density at radius 3 is 2.48 bits per heavy atom. The van der Waals surface area contributed by atoms with Gasteiger partial charge in [0.25, 0.3) is 0 Å². The second kappa shape index (κ2) is 7.42. The third-order valence-electron chi connectivity index (χ3n) is 2.91. The van der Waals surface area contributed by atoms with Gasteiger partial charge in [-0.1, -0.05) is 23.2 Å². The van der Waals surface area contributed by atoms with E-state index in [1.54, 1.807) is 26.4 Å². The van der Waals surface area contributed by atoms with Crippen LogP contribution in [0.5, 0.6) is 11.5 Å². The van der Waals surface area contributed by atoms with Crippen molar-refractivity contribution in [1.29, 1.82) is 0 Å². The fraction of sp³-hybridized carbons (Fsp3) is 0.200. The van der Waals surface area contributed by atoms with Crippen LogP contribution >= 0.6 is 45.8 Å². The number of halogens is 3. The Bertz CT molecular complexity index is 650. The molecule has 0 aliphatic carbocycles. The van der Waals surface area contributed by atoms with Gasteiger partial charge in [0.15, 0.2) is 11.5 Å². The van der Waals surface area contributed by atoms with E-state index in [0.29, 0.717) is 22.3 Å². The van der Waals surface area contributed by atoms with Gasteiger partial charge in [0.05, 0.1) is 28.5 Å². The third kappa shape index (κ3) is 4.08. The van der Waals surface area contributed by atoms with Crippen molar-refractivity contribution in [2.75, 3.05) is 19.5 Å². The van der Waals surface area contributed by atoms with Crippen molar-refractivity contribution in [3.05, 3.63) is 49.5 Å². The average Bonchev–Trinajstić information content (AvgIpc) is 2.45. The molecule has 2 aromatic rings. The number of methoxy groups -OCH3 is 2. The molecular weight excluding hydrogens is 424 g/mol. The van der Waals surface area contributed by atoms with Crippen LogP contribution < -0.4 is 14.8 Å². The molecule has 2 rings (SSSR count). The van der Waals surface area contributed by atoms with Crippen molar-refractivity contribution in [3.8, 4) is 11.5 Å². The molecule has 0 atom stereocenters. The predicted molar refractivity (Wildman–Crippen MR) is 96.1 cm³/mol. The molecule has 0 amide bonds. The van der Waals surface area contributed by atoms with Crippen molar-refractivity contribution < 1.29 is 9.47 Å². The Morgan fingerprint density at radius 1 is 1.10 bits per heavy atom. The van der Waals surface area contributed by atoms with Crippen molar-refractivity contribution in [2.24, 2.45) is 0 Å². The molecule has 0 aromatic heterocycles. The highest BCUT2D eigenvalue weighted by molar-refractivity contribution is 14.1. The zero-order chi connectivity index (χ0) is 15.4. The van der Waals surface area contributed by atoms with Gasteiger partial charge < -0.3 is 14.8 Å². The molecule has 1 N–H and O–H groups in total. The van der Waals surface area contributed by atoms with Crippen LogP contribution in [0.3, 0.4) is 0 Å². The fourth-order valence-electron chi connectivity index (χ4n) is 1.90. The Hall–Kier alpha value is -0.850. The summed E-state index contributed by atoms with van der Waals surface area (Å²) < 4.78 is 11.7. The van der Waals surface area contributed by atoms with Crippen LogP contribution in [0.4, 0.5) is 5.69 Å². The Labute approximate surface area is 147 Å².